The van der Waals surface area contributed by atoms with Crippen molar-refractivity contribution >= 4 is 29.4 Å². The maximum absolute atomic E-state index is 11.9. The minimum Gasteiger partial charge on any atom is -0.481 e. The molecule has 0 aliphatic rings. The standard InChI is InChI=1S/C12H12ClNO5/c1-6-4-7(13)2-3-8(6)11(17)14-9(12(18)19)5-10(15)16/h2-4,9H,5H2,1H3,(H,14,17)(H,15,16)(H,18,19). The summed E-state index contributed by atoms with van der Waals surface area (Å²) in [4.78, 5) is 33.2. The maximum Gasteiger partial charge on any atom is 0.326 e. The van der Waals surface area contributed by atoms with Crippen LogP contribution in [-0.4, -0.2) is 34.1 Å². The van der Waals surface area contributed by atoms with Crippen LogP contribution >= 0.6 is 11.6 Å². The molecular weight excluding hydrogens is 274 g/mol. The van der Waals surface area contributed by atoms with Crippen molar-refractivity contribution in [1.82, 2.24) is 5.32 Å². The molecule has 0 spiro atoms. The molecular formula is C12H12ClNO5. The molecule has 1 aromatic rings. The van der Waals surface area contributed by atoms with Crippen LogP contribution in [0.1, 0.15) is 22.3 Å². The second kappa shape index (κ2) is 6.19. The van der Waals surface area contributed by atoms with Gasteiger partial charge in [0.25, 0.3) is 5.91 Å². The first-order valence-corrected chi connectivity index (χ1v) is 5.70. The Morgan fingerprint density at radius 1 is 1.32 bits per heavy atom. The van der Waals surface area contributed by atoms with Crippen molar-refractivity contribution in [2.45, 2.75) is 19.4 Å². The van der Waals surface area contributed by atoms with Crippen molar-refractivity contribution in [3.63, 3.8) is 0 Å². The highest BCUT2D eigenvalue weighted by molar-refractivity contribution is 6.30. The Hall–Kier alpha value is -2.08. The Labute approximate surface area is 114 Å². The average molecular weight is 286 g/mol. The molecule has 0 saturated heterocycles. The molecule has 0 aromatic heterocycles. The van der Waals surface area contributed by atoms with Crippen LogP contribution in [0.5, 0.6) is 0 Å². The Bertz CT molecular complexity index is 529. The molecule has 1 aromatic carbocycles. The lowest BCUT2D eigenvalue weighted by atomic mass is 10.1. The molecule has 0 fully saturated rings. The lowest BCUT2D eigenvalue weighted by Crippen LogP contribution is -2.42. The molecule has 1 rings (SSSR count). The molecule has 3 N–H and O–H groups in total. The zero-order chi connectivity index (χ0) is 14.6. The van der Waals surface area contributed by atoms with Gasteiger partial charge in [-0.05, 0) is 30.7 Å². The smallest absolute Gasteiger partial charge is 0.326 e. The molecule has 0 radical (unpaired) electrons. The number of carboxylic acid groups (broad SMARTS) is 2. The second-order valence-electron chi connectivity index (χ2n) is 3.92. The van der Waals surface area contributed by atoms with Crippen LogP contribution in [0.3, 0.4) is 0 Å². The van der Waals surface area contributed by atoms with Crippen LogP contribution < -0.4 is 5.32 Å². The summed E-state index contributed by atoms with van der Waals surface area (Å²) >= 11 is 5.74. The summed E-state index contributed by atoms with van der Waals surface area (Å²) in [6, 6.07) is 3.03. The molecule has 1 unspecified atom stereocenters. The van der Waals surface area contributed by atoms with Crippen molar-refractivity contribution in [3.05, 3.63) is 34.3 Å². The molecule has 0 aliphatic heterocycles. The Balaban J connectivity index is 2.87. The highest BCUT2D eigenvalue weighted by Gasteiger charge is 2.24. The van der Waals surface area contributed by atoms with E-state index in [-0.39, 0.29) is 5.56 Å². The molecule has 6 nitrogen and oxygen atoms in total. The van der Waals surface area contributed by atoms with Gasteiger partial charge in [-0.2, -0.15) is 0 Å². The van der Waals surface area contributed by atoms with Gasteiger partial charge in [-0.25, -0.2) is 4.79 Å². The molecule has 0 heterocycles. The normalized spacial score (nSPS) is 11.7. The van der Waals surface area contributed by atoms with E-state index in [1.807, 2.05) is 0 Å². The number of rotatable bonds is 5. The molecule has 19 heavy (non-hydrogen) atoms. The maximum atomic E-state index is 11.9. The highest BCUT2D eigenvalue weighted by atomic mass is 35.5. The summed E-state index contributed by atoms with van der Waals surface area (Å²) in [7, 11) is 0. The number of aliphatic carboxylic acids is 2. The lowest BCUT2D eigenvalue weighted by molar-refractivity contribution is -0.145. The summed E-state index contributed by atoms with van der Waals surface area (Å²) in [5, 5.41) is 20.0. The van der Waals surface area contributed by atoms with Gasteiger partial charge in [0, 0.05) is 10.6 Å². The van der Waals surface area contributed by atoms with Gasteiger partial charge in [0.2, 0.25) is 0 Å². The van der Waals surface area contributed by atoms with Crippen molar-refractivity contribution in [2.24, 2.45) is 0 Å². The van der Waals surface area contributed by atoms with E-state index in [4.69, 9.17) is 21.8 Å². The number of benzene rings is 1. The third-order valence-corrected chi connectivity index (χ3v) is 2.65. The van der Waals surface area contributed by atoms with Crippen molar-refractivity contribution in [1.29, 1.82) is 0 Å². The van der Waals surface area contributed by atoms with Crippen LogP contribution in [0, 0.1) is 6.92 Å². The summed E-state index contributed by atoms with van der Waals surface area (Å²) in [6.07, 6.45) is -0.687. The topological polar surface area (TPSA) is 104 Å². The molecule has 1 atom stereocenters. The number of amides is 1. The van der Waals surface area contributed by atoms with Crippen molar-refractivity contribution in [3.8, 4) is 0 Å². The predicted octanol–water partition coefficient (Wildman–Crippen LogP) is 1.31. The predicted molar refractivity (Wildman–Crippen MR) is 67.3 cm³/mol. The Kier molecular flexibility index (Phi) is 4.88. The van der Waals surface area contributed by atoms with Gasteiger partial charge in [-0.15, -0.1) is 0 Å². The largest absolute Gasteiger partial charge is 0.481 e. The first kappa shape index (κ1) is 15.0. The summed E-state index contributed by atoms with van der Waals surface area (Å²) in [6.45, 7) is 1.65. The van der Waals surface area contributed by atoms with E-state index in [1.165, 1.54) is 12.1 Å². The van der Waals surface area contributed by atoms with Crippen LogP contribution in [0.2, 0.25) is 5.02 Å². The van der Waals surface area contributed by atoms with E-state index in [0.717, 1.165) is 0 Å². The van der Waals surface area contributed by atoms with Crippen LogP contribution in [0.25, 0.3) is 0 Å². The number of carbonyl (C=O) groups is 3. The Morgan fingerprint density at radius 3 is 2.42 bits per heavy atom. The fraction of sp³-hybridized carbons (Fsp3) is 0.250. The fourth-order valence-corrected chi connectivity index (χ4v) is 1.72. The molecule has 7 heteroatoms. The summed E-state index contributed by atoms with van der Waals surface area (Å²) in [5.41, 5.74) is 0.825. The zero-order valence-electron chi connectivity index (χ0n) is 10.0. The van der Waals surface area contributed by atoms with E-state index >= 15 is 0 Å². The van der Waals surface area contributed by atoms with E-state index < -0.39 is 30.3 Å². The van der Waals surface area contributed by atoms with Crippen LogP contribution in [0.4, 0.5) is 0 Å². The lowest BCUT2D eigenvalue weighted by Gasteiger charge is -2.13. The number of carboxylic acids is 2. The summed E-state index contributed by atoms with van der Waals surface area (Å²) < 4.78 is 0. The molecule has 0 bridgehead atoms. The zero-order valence-corrected chi connectivity index (χ0v) is 10.8. The number of halogens is 1. The van der Waals surface area contributed by atoms with Gasteiger partial charge >= 0.3 is 11.9 Å². The van der Waals surface area contributed by atoms with Crippen molar-refractivity contribution in [2.75, 3.05) is 0 Å². The van der Waals surface area contributed by atoms with Crippen LogP contribution in [0.15, 0.2) is 18.2 Å². The van der Waals surface area contributed by atoms with Crippen LogP contribution in [-0.2, 0) is 9.59 Å². The minimum atomic E-state index is -1.47. The third kappa shape index (κ3) is 4.26. The molecule has 1 amide bonds. The SMILES string of the molecule is Cc1cc(Cl)ccc1C(=O)NC(CC(=O)O)C(=O)O. The number of aryl methyl sites for hydroxylation is 1. The van der Waals surface area contributed by atoms with Gasteiger partial charge in [-0.1, -0.05) is 11.6 Å². The van der Waals surface area contributed by atoms with E-state index in [2.05, 4.69) is 5.32 Å². The second-order valence-corrected chi connectivity index (χ2v) is 4.36. The van der Waals surface area contributed by atoms with Crippen molar-refractivity contribution < 1.29 is 24.6 Å². The summed E-state index contributed by atoms with van der Waals surface area (Å²) in [5.74, 6) is -3.36. The Morgan fingerprint density at radius 2 is 1.95 bits per heavy atom. The van der Waals surface area contributed by atoms with E-state index in [9.17, 15) is 14.4 Å². The number of nitrogens with one attached hydrogen (secondary N) is 1. The van der Waals surface area contributed by atoms with E-state index in [0.29, 0.717) is 10.6 Å². The van der Waals surface area contributed by atoms with Gasteiger partial charge in [-0.3, -0.25) is 9.59 Å². The van der Waals surface area contributed by atoms with Gasteiger partial charge in [0.1, 0.15) is 6.04 Å². The van der Waals surface area contributed by atoms with Gasteiger partial charge < -0.3 is 15.5 Å². The molecule has 0 saturated carbocycles. The first-order chi connectivity index (χ1) is 8.81. The average Bonchev–Trinajstić information content (AvgIpc) is 2.26. The quantitative estimate of drug-likeness (QED) is 0.756. The monoisotopic (exact) mass is 285 g/mol. The first-order valence-electron chi connectivity index (χ1n) is 5.33. The fourth-order valence-electron chi connectivity index (χ4n) is 1.49. The number of hydrogen-bond acceptors (Lipinski definition) is 3. The number of carbonyl (C=O) groups excluding carboxylic acids is 1. The molecule has 102 valence electrons. The minimum absolute atomic E-state index is 0.251. The molecule has 0 aliphatic carbocycles. The number of hydrogen-bond donors (Lipinski definition) is 3. The third-order valence-electron chi connectivity index (χ3n) is 2.42. The van der Waals surface area contributed by atoms with E-state index in [1.54, 1.807) is 13.0 Å². The van der Waals surface area contributed by atoms with Gasteiger partial charge in [0.05, 0.1) is 6.42 Å². The highest BCUT2D eigenvalue weighted by Crippen LogP contribution is 2.15. The van der Waals surface area contributed by atoms with Gasteiger partial charge in [0.15, 0.2) is 0 Å².